The molecular weight excluding hydrogens is 409 g/mol. The second-order valence-corrected chi connectivity index (χ2v) is 6.51. The summed E-state index contributed by atoms with van der Waals surface area (Å²) in [6, 6.07) is 7.62. The summed E-state index contributed by atoms with van der Waals surface area (Å²) in [5, 5.41) is 16.6. The number of anilines is 1. The Kier molecular flexibility index (Phi) is 5.48. The molecule has 0 unspecified atom stereocenters. The van der Waals surface area contributed by atoms with Gasteiger partial charge in [0.05, 0.1) is 15.0 Å². The Hall–Kier alpha value is -3.17. The number of aromatic nitrogens is 2. The number of nitrogens with zero attached hydrogens (tertiary/aromatic N) is 4. The smallest absolute Gasteiger partial charge is 0.287 e. The maximum atomic E-state index is 12.8. The molecule has 3 aromatic rings. The topological polar surface area (TPSA) is 114 Å². The van der Waals surface area contributed by atoms with Gasteiger partial charge < -0.3 is 4.52 Å². The average Bonchev–Trinajstić information content (AvgIpc) is 3.03. The molecule has 0 aliphatic heterocycles. The lowest BCUT2D eigenvalue weighted by Gasteiger charge is -2.19. The van der Waals surface area contributed by atoms with Crippen LogP contribution < -0.4 is 10.4 Å². The van der Waals surface area contributed by atoms with Crippen LogP contribution in [0.1, 0.15) is 16.1 Å². The van der Waals surface area contributed by atoms with Crippen molar-refractivity contribution in [2.45, 2.75) is 6.92 Å². The van der Waals surface area contributed by atoms with Crippen LogP contribution in [0.4, 0.5) is 11.5 Å². The van der Waals surface area contributed by atoms with E-state index >= 15 is 0 Å². The number of carbonyl (C=O) groups excluding carboxylic acids is 1. The van der Waals surface area contributed by atoms with Crippen LogP contribution in [0.3, 0.4) is 0 Å². The van der Waals surface area contributed by atoms with Crippen molar-refractivity contribution in [3.05, 3.63) is 68.0 Å². The summed E-state index contributed by atoms with van der Waals surface area (Å²) in [7, 11) is 1.54. The van der Waals surface area contributed by atoms with Crippen molar-refractivity contribution in [2.75, 3.05) is 12.1 Å². The normalized spacial score (nSPS) is 10.6. The van der Waals surface area contributed by atoms with Gasteiger partial charge >= 0.3 is 0 Å². The fourth-order valence-corrected chi connectivity index (χ4v) is 3.06. The monoisotopic (exact) mass is 421 g/mol. The standard InChI is InChI=1S/C17H13Cl2N5O4/c1-9-14(16(22-28-9)15-11(18)4-3-5-12(15)19)17(25)21-23(2)13-7-6-10(8-20-13)24(26)27/h3-8H,1-2H3,(H,21,25). The molecule has 1 N–H and O–H groups in total. The van der Waals surface area contributed by atoms with Crippen molar-refractivity contribution in [3.8, 4) is 11.3 Å². The van der Waals surface area contributed by atoms with Gasteiger partial charge in [0, 0.05) is 18.7 Å². The molecule has 3 rings (SSSR count). The second-order valence-electron chi connectivity index (χ2n) is 5.69. The Balaban J connectivity index is 1.89. The third-order valence-electron chi connectivity index (χ3n) is 3.85. The summed E-state index contributed by atoms with van der Waals surface area (Å²) in [5.41, 5.74) is 3.19. The minimum Gasteiger partial charge on any atom is -0.360 e. The number of nitrogens with one attached hydrogen (secondary N) is 1. The first-order valence-corrected chi connectivity index (χ1v) is 8.61. The van der Waals surface area contributed by atoms with Gasteiger partial charge in [0.25, 0.3) is 11.6 Å². The van der Waals surface area contributed by atoms with Gasteiger partial charge in [0.2, 0.25) is 0 Å². The van der Waals surface area contributed by atoms with Crippen LogP contribution in [0, 0.1) is 17.0 Å². The predicted molar refractivity (Wildman–Crippen MR) is 103 cm³/mol. The number of benzene rings is 1. The first-order valence-electron chi connectivity index (χ1n) is 7.85. The zero-order valence-corrected chi connectivity index (χ0v) is 16.2. The highest BCUT2D eigenvalue weighted by Gasteiger charge is 2.25. The molecule has 144 valence electrons. The maximum absolute atomic E-state index is 12.8. The highest BCUT2D eigenvalue weighted by Crippen LogP contribution is 2.36. The number of hydrogen-bond donors (Lipinski definition) is 1. The van der Waals surface area contributed by atoms with Gasteiger partial charge in [-0.2, -0.15) is 0 Å². The molecule has 0 atom stereocenters. The van der Waals surface area contributed by atoms with Gasteiger partial charge in [-0.05, 0) is 25.1 Å². The lowest BCUT2D eigenvalue weighted by Crippen LogP contribution is -2.40. The van der Waals surface area contributed by atoms with Crippen LogP contribution in [0.25, 0.3) is 11.3 Å². The van der Waals surface area contributed by atoms with E-state index in [2.05, 4.69) is 15.6 Å². The predicted octanol–water partition coefficient (Wildman–Crippen LogP) is 4.04. The van der Waals surface area contributed by atoms with Crippen LogP contribution in [0.5, 0.6) is 0 Å². The molecule has 11 heteroatoms. The summed E-state index contributed by atoms with van der Waals surface area (Å²) in [4.78, 5) is 26.9. The molecule has 0 fully saturated rings. The van der Waals surface area contributed by atoms with Gasteiger partial charge in [0.1, 0.15) is 29.0 Å². The lowest BCUT2D eigenvalue weighted by molar-refractivity contribution is -0.385. The lowest BCUT2D eigenvalue weighted by atomic mass is 10.1. The van der Waals surface area contributed by atoms with E-state index in [1.165, 1.54) is 24.2 Å². The molecule has 1 amide bonds. The molecule has 0 spiro atoms. The number of hydrazine groups is 1. The van der Waals surface area contributed by atoms with E-state index in [0.717, 1.165) is 6.20 Å². The fraction of sp³-hybridized carbons (Fsp3) is 0.118. The van der Waals surface area contributed by atoms with Gasteiger partial charge in [-0.3, -0.25) is 25.3 Å². The number of hydrogen-bond acceptors (Lipinski definition) is 7. The van der Waals surface area contributed by atoms with Crippen molar-refractivity contribution in [3.63, 3.8) is 0 Å². The number of carbonyl (C=O) groups is 1. The Bertz CT molecular complexity index is 1030. The Morgan fingerprint density at radius 2 is 1.93 bits per heavy atom. The van der Waals surface area contributed by atoms with Crippen LogP contribution in [0.2, 0.25) is 10.0 Å². The molecular formula is C17H13Cl2N5O4. The molecule has 0 radical (unpaired) electrons. The summed E-state index contributed by atoms with van der Waals surface area (Å²) >= 11 is 12.4. The number of pyridine rings is 1. The summed E-state index contributed by atoms with van der Waals surface area (Å²) < 4.78 is 5.17. The molecule has 0 bridgehead atoms. The van der Waals surface area contributed by atoms with Crippen LogP contribution in [-0.4, -0.2) is 28.0 Å². The molecule has 9 nitrogen and oxygen atoms in total. The fourth-order valence-electron chi connectivity index (χ4n) is 2.48. The second kappa shape index (κ2) is 7.83. The van der Waals surface area contributed by atoms with E-state index in [4.69, 9.17) is 27.7 Å². The van der Waals surface area contributed by atoms with E-state index in [-0.39, 0.29) is 22.7 Å². The SMILES string of the molecule is Cc1onc(-c2c(Cl)cccc2Cl)c1C(=O)NN(C)c1ccc([N+](=O)[O-])cn1. The van der Waals surface area contributed by atoms with Gasteiger partial charge in [-0.25, -0.2) is 4.98 Å². The quantitative estimate of drug-likeness (QED) is 0.488. The molecule has 2 heterocycles. The molecule has 0 aliphatic carbocycles. The maximum Gasteiger partial charge on any atom is 0.287 e. The van der Waals surface area contributed by atoms with E-state index < -0.39 is 10.8 Å². The van der Waals surface area contributed by atoms with Crippen molar-refractivity contribution in [1.29, 1.82) is 0 Å². The Labute approximate surface area is 169 Å². The van der Waals surface area contributed by atoms with E-state index in [0.29, 0.717) is 21.4 Å². The van der Waals surface area contributed by atoms with E-state index in [1.807, 2.05) is 0 Å². The van der Waals surface area contributed by atoms with Gasteiger partial charge in [-0.15, -0.1) is 0 Å². The highest BCUT2D eigenvalue weighted by atomic mass is 35.5. The summed E-state index contributed by atoms with van der Waals surface area (Å²) in [6.07, 6.45) is 1.09. The molecule has 0 saturated carbocycles. The molecule has 2 aromatic heterocycles. The Morgan fingerprint density at radius 1 is 1.25 bits per heavy atom. The third kappa shape index (κ3) is 3.75. The number of rotatable bonds is 5. The average molecular weight is 422 g/mol. The van der Waals surface area contributed by atoms with Crippen molar-refractivity contribution in [1.82, 2.24) is 15.6 Å². The van der Waals surface area contributed by atoms with Gasteiger partial charge in [0.15, 0.2) is 0 Å². The number of nitro groups is 1. The van der Waals surface area contributed by atoms with Crippen LogP contribution in [-0.2, 0) is 0 Å². The zero-order valence-electron chi connectivity index (χ0n) is 14.6. The van der Waals surface area contributed by atoms with Crippen LogP contribution >= 0.6 is 23.2 Å². The zero-order chi connectivity index (χ0) is 20.4. The van der Waals surface area contributed by atoms with Crippen molar-refractivity contribution >= 4 is 40.6 Å². The van der Waals surface area contributed by atoms with E-state index in [9.17, 15) is 14.9 Å². The van der Waals surface area contributed by atoms with Crippen LogP contribution in [0.15, 0.2) is 41.1 Å². The third-order valence-corrected chi connectivity index (χ3v) is 4.48. The van der Waals surface area contributed by atoms with Crippen molar-refractivity contribution < 1.29 is 14.2 Å². The molecule has 28 heavy (non-hydrogen) atoms. The highest BCUT2D eigenvalue weighted by molar-refractivity contribution is 6.39. The minimum absolute atomic E-state index is 0.156. The summed E-state index contributed by atoms with van der Waals surface area (Å²) in [6.45, 7) is 1.58. The number of aryl methyl sites for hydroxylation is 1. The van der Waals surface area contributed by atoms with E-state index in [1.54, 1.807) is 25.1 Å². The number of halogens is 2. The number of amides is 1. The van der Waals surface area contributed by atoms with Gasteiger partial charge in [-0.1, -0.05) is 34.4 Å². The molecule has 1 aromatic carbocycles. The molecule has 0 saturated heterocycles. The molecule has 0 aliphatic rings. The largest absolute Gasteiger partial charge is 0.360 e. The minimum atomic E-state index is -0.560. The Morgan fingerprint density at radius 3 is 2.50 bits per heavy atom. The first kappa shape index (κ1) is 19.6. The first-order chi connectivity index (χ1) is 13.3. The van der Waals surface area contributed by atoms with Crippen molar-refractivity contribution in [2.24, 2.45) is 0 Å². The summed E-state index contributed by atoms with van der Waals surface area (Å²) in [5.74, 6) is 0.0336.